The van der Waals surface area contributed by atoms with Crippen LogP contribution in [0.15, 0.2) is 97.2 Å². The van der Waals surface area contributed by atoms with Crippen molar-refractivity contribution in [1.82, 2.24) is 15.2 Å². The minimum Gasteiger partial charge on any atom is -0.342 e. The van der Waals surface area contributed by atoms with Crippen molar-refractivity contribution in [2.45, 2.75) is 6.04 Å². The molecule has 1 heterocycles. The third kappa shape index (κ3) is 3.59. The Labute approximate surface area is 152 Å². The molecule has 4 heteroatoms. The lowest BCUT2D eigenvalue weighted by Gasteiger charge is -2.19. The van der Waals surface area contributed by atoms with E-state index in [1.807, 2.05) is 66.7 Å². The number of nitrogens with zero attached hydrogens (tertiary/aromatic N) is 3. The molecule has 4 aromatic rings. The van der Waals surface area contributed by atoms with Gasteiger partial charge in [0.1, 0.15) is 0 Å². The lowest BCUT2D eigenvalue weighted by molar-refractivity contribution is 0.877. The molecule has 1 N–H and O–H groups in total. The van der Waals surface area contributed by atoms with Crippen LogP contribution in [0.5, 0.6) is 0 Å². The molecular weight excluding hydrogens is 320 g/mol. The number of hydrogen-bond acceptors (Lipinski definition) is 4. The number of hydrogen-bond donors (Lipinski definition) is 1. The Morgan fingerprint density at radius 2 is 1.19 bits per heavy atom. The van der Waals surface area contributed by atoms with Crippen LogP contribution >= 0.6 is 0 Å². The maximum atomic E-state index is 4.65. The summed E-state index contributed by atoms with van der Waals surface area (Å²) in [4.78, 5) is 4.65. The fraction of sp³-hybridized carbons (Fsp3) is 0.0455. The van der Waals surface area contributed by atoms with Crippen LogP contribution in [-0.2, 0) is 0 Å². The first-order valence-electron chi connectivity index (χ1n) is 8.52. The van der Waals surface area contributed by atoms with Gasteiger partial charge in [0.05, 0.1) is 17.9 Å². The van der Waals surface area contributed by atoms with E-state index in [1.165, 1.54) is 0 Å². The monoisotopic (exact) mass is 338 g/mol. The van der Waals surface area contributed by atoms with E-state index in [-0.39, 0.29) is 6.04 Å². The van der Waals surface area contributed by atoms with Gasteiger partial charge < -0.3 is 5.32 Å². The van der Waals surface area contributed by atoms with Crippen molar-refractivity contribution in [1.29, 1.82) is 0 Å². The Morgan fingerprint density at radius 1 is 0.654 bits per heavy atom. The standard InChI is InChI=1S/C22H18N4/c1-4-10-17(11-5-1)20-16-23-26-22(24-20)25-21(18-12-6-2-7-13-18)19-14-8-3-9-15-19/h1-16,21H,(H,24,25,26). The topological polar surface area (TPSA) is 50.7 Å². The normalized spacial score (nSPS) is 10.7. The van der Waals surface area contributed by atoms with Crippen LogP contribution in [0.1, 0.15) is 17.2 Å². The zero-order chi connectivity index (χ0) is 17.6. The Balaban J connectivity index is 1.69. The average Bonchev–Trinajstić information content (AvgIpc) is 2.74. The van der Waals surface area contributed by atoms with E-state index in [2.05, 4.69) is 44.8 Å². The minimum absolute atomic E-state index is 0.0507. The highest BCUT2D eigenvalue weighted by molar-refractivity contribution is 5.59. The summed E-state index contributed by atoms with van der Waals surface area (Å²) in [5.74, 6) is 0.504. The summed E-state index contributed by atoms with van der Waals surface area (Å²) in [5, 5.41) is 11.7. The summed E-state index contributed by atoms with van der Waals surface area (Å²) in [6.07, 6.45) is 1.68. The van der Waals surface area contributed by atoms with E-state index < -0.39 is 0 Å². The van der Waals surface area contributed by atoms with E-state index in [1.54, 1.807) is 6.20 Å². The first-order chi connectivity index (χ1) is 12.9. The van der Waals surface area contributed by atoms with Crippen molar-refractivity contribution in [3.8, 4) is 11.3 Å². The molecule has 26 heavy (non-hydrogen) atoms. The molecule has 3 aromatic carbocycles. The van der Waals surface area contributed by atoms with Gasteiger partial charge in [0.2, 0.25) is 5.95 Å². The summed E-state index contributed by atoms with van der Waals surface area (Å²) < 4.78 is 0. The molecule has 0 unspecified atom stereocenters. The number of anilines is 1. The number of rotatable bonds is 5. The highest BCUT2D eigenvalue weighted by Crippen LogP contribution is 2.25. The molecule has 0 atom stereocenters. The van der Waals surface area contributed by atoms with Gasteiger partial charge in [0.25, 0.3) is 0 Å². The molecule has 0 amide bonds. The molecular formula is C22H18N4. The quantitative estimate of drug-likeness (QED) is 0.571. The fourth-order valence-electron chi connectivity index (χ4n) is 2.89. The van der Waals surface area contributed by atoms with Gasteiger partial charge in [-0.3, -0.25) is 0 Å². The summed E-state index contributed by atoms with van der Waals surface area (Å²) in [5.41, 5.74) is 4.10. The van der Waals surface area contributed by atoms with Crippen LogP contribution < -0.4 is 5.32 Å². The number of aromatic nitrogens is 3. The first kappa shape index (κ1) is 16.0. The van der Waals surface area contributed by atoms with Gasteiger partial charge in [-0.1, -0.05) is 91.0 Å². The third-order valence-electron chi connectivity index (χ3n) is 4.17. The summed E-state index contributed by atoms with van der Waals surface area (Å²) in [6, 6.07) is 30.5. The Hall–Kier alpha value is -3.53. The highest BCUT2D eigenvalue weighted by Gasteiger charge is 2.15. The predicted octanol–water partition coefficient (Wildman–Crippen LogP) is 4.74. The molecule has 0 bridgehead atoms. The Bertz CT molecular complexity index is 917. The minimum atomic E-state index is -0.0507. The van der Waals surface area contributed by atoms with E-state index in [0.717, 1.165) is 22.4 Å². The molecule has 0 aliphatic rings. The molecule has 1 aromatic heterocycles. The average molecular weight is 338 g/mol. The van der Waals surface area contributed by atoms with Crippen molar-refractivity contribution in [3.63, 3.8) is 0 Å². The zero-order valence-electron chi connectivity index (χ0n) is 14.2. The van der Waals surface area contributed by atoms with Gasteiger partial charge >= 0.3 is 0 Å². The number of benzene rings is 3. The van der Waals surface area contributed by atoms with Crippen molar-refractivity contribution >= 4 is 5.95 Å². The van der Waals surface area contributed by atoms with Gasteiger partial charge in [0.15, 0.2) is 0 Å². The highest BCUT2D eigenvalue weighted by atomic mass is 15.2. The SMILES string of the molecule is c1ccc(-c2cnnc(NC(c3ccccc3)c3ccccc3)n2)cc1. The van der Waals surface area contributed by atoms with E-state index in [0.29, 0.717) is 5.95 Å². The Kier molecular flexibility index (Phi) is 4.65. The van der Waals surface area contributed by atoms with Crippen LogP contribution in [-0.4, -0.2) is 15.2 Å². The van der Waals surface area contributed by atoms with E-state index in [9.17, 15) is 0 Å². The van der Waals surface area contributed by atoms with Crippen molar-refractivity contribution in [3.05, 3.63) is 108 Å². The van der Waals surface area contributed by atoms with Crippen LogP contribution in [0.4, 0.5) is 5.95 Å². The van der Waals surface area contributed by atoms with Crippen LogP contribution in [0.25, 0.3) is 11.3 Å². The molecule has 0 spiro atoms. The molecule has 0 aliphatic heterocycles. The maximum Gasteiger partial charge on any atom is 0.244 e. The Morgan fingerprint density at radius 3 is 1.77 bits per heavy atom. The lowest BCUT2D eigenvalue weighted by Crippen LogP contribution is -2.15. The maximum absolute atomic E-state index is 4.65. The molecule has 0 radical (unpaired) electrons. The second-order valence-corrected chi connectivity index (χ2v) is 5.93. The molecule has 4 nitrogen and oxygen atoms in total. The molecule has 126 valence electrons. The zero-order valence-corrected chi connectivity index (χ0v) is 14.2. The van der Waals surface area contributed by atoms with Crippen LogP contribution in [0.3, 0.4) is 0 Å². The van der Waals surface area contributed by atoms with Crippen LogP contribution in [0.2, 0.25) is 0 Å². The van der Waals surface area contributed by atoms with Crippen LogP contribution in [0, 0.1) is 0 Å². The molecule has 0 fully saturated rings. The molecule has 0 saturated carbocycles. The van der Waals surface area contributed by atoms with Gasteiger partial charge in [-0.05, 0) is 11.1 Å². The van der Waals surface area contributed by atoms with Gasteiger partial charge in [-0.15, -0.1) is 5.10 Å². The van der Waals surface area contributed by atoms with E-state index >= 15 is 0 Å². The summed E-state index contributed by atoms with van der Waals surface area (Å²) >= 11 is 0. The van der Waals surface area contributed by atoms with E-state index in [4.69, 9.17) is 0 Å². The molecule has 0 saturated heterocycles. The van der Waals surface area contributed by atoms with Gasteiger partial charge in [-0.25, -0.2) is 4.98 Å². The fourth-order valence-corrected chi connectivity index (χ4v) is 2.89. The summed E-state index contributed by atoms with van der Waals surface area (Å²) in [7, 11) is 0. The molecule has 4 rings (SSSR count). The first-order valence-corrected chi connectivity index (χ1v) is 8.52. The van der Waals surface area contributed by atoms with Crippen molar-refractivity contribution in [2.75, 3.05) is 5.32 Å². The van der Waals surface area contributed by atoms with Gasteiger partial charge in [0, 0.05) is 5.56 Å². The number of nitrogens with one attached hydrogen (secondary N) is 1. The predicted molar refractivity (Wildman–Crippen MR) is 104 cm³/mol. The lowest BCUT2D eigenvalue weighted by atomic mass is 9.99. The summed E-state index contributed by atoms with van der Waals surface area (Å²) in [6.45, 7) is 0. The van der Waals surface area contributed by atoms with Gasteiger partial charge in [-0.2, -0.15) is 5.10 Å². The third-order valence-corrected chi connectivity index (χ3v) is 4.17. The van der Waals surface area contributed by atoms with Crippen molar-refractivity contribution in [2.24, 2.45) is 0 Å². The van der Waals surface area contributed by atoms with Crippen molar-refractivity contribution < 1.29 is 0 Å². The second kappa shape index (κ2) is 7.57. The second-order valence-electron chi connectivity index (χ2n) is 5.93. The largest absolute Gasteiger partial charge is 0.342 e. The smallest absolute Gasteiger partial charge is 0.244 e. The molecule has 0 aliphatic carbocycles.